The van der Waals surface area contributed by atoms with Crippen LogP contribution in [0.5, 0.6) is 0 Å². The van der Waals surface area contributed by atoms with Crippen LogP contribution in [0, 0.1) is 5.92 Å². The lowest BCUT2D eigenvalue weighted by molar-refractivity contribution is 0.645. The molecule has 0 aliphatic heterocycles. The van der Waals surface area contributed by atoms with Crippen LogP contribution in [0.4, 0.5) is 0 Å². The standard InChI is InChI=1S/C11H16IN/c1-9(2)7-10-3-4-11(5-6-12)13-8-10/h3-4,8-9H,5-7H2,1-2H3. The number of pyridine rings is 1. The first-order valence-electron chi connectivity index (χ1n) is 4.72. The molecule has 2 heteroatoms. The van der Waals surface area contributed by atoms with E-state index in [9.17, 15) is 0 Å². The molecule has 1 rings (SSSR count). The van der Waals surface area contributed by atoms with Crippen LogP contribution in [0.1, 0.15) is 25.1 Å². The molecule has 0 saturated carbocycles. The van der Waals surface area contributed by atoms with E-state index in [1.54, 1.807) is 0 Å². The summed E-state index contributed by atoms with van der Waals surface area (Å²) in [5.41, 5.74) is 2.56. The van der Waals surface area contributed by atoms with Crippen molar-refractivity contribution in [1.29, 1.82) is 0 Å². The number of alkyl halides is 1. The minimum absolute atomic E-state index is 0.720. The van der Waals surface area contributed by atoms with Gasteiger partial charge in [-0.1, -0.05) is 42.5 Å². The highest BCUT2D eigenvalue weighted by atomic mass is 127. The van der Waals surface area contributed by atoms with Crippen LogP contribution < -0.4 is 0 Å². The van der Waals surface area contributed by atoms with E-state index >= 15 is 0 Å². The summed E-state index contributed by atoms with van der Waals surface area (Å²) in [5.74, 6) is 0.720. The number of rotatable bonds is 4. The summed E-state index contributed by atoms with van der Waals surface area (Å²) in [7, 11) is 0. The van der Waals surface area contributed by atoms with E-state index in [1.165, 1.54) is 11.3 Å². The zero-order chi connectivity index (χ0) is 9.68. The lowest BCUT2D eigenvalue weighted by atomic mass is 10.0. The molecular formula is C11H16IN. The molecule has 13 heavy (non-hydrogen) atoms. The maximum atomic E-state index is 4.42. The molecule has 0 bridgehead atoms. The largest absolute Gasteiger partial charge is 0.261 e. The van der Waals surface area contributed by atoms with E-state index in [0.29, 0.717) is 0 Å². The molecule has 1 aromatic rings. The molecule has 0 atom stereocenters. The van der Waals surface area contributed by atoms with Crippen LogP contribution in [0.3, 0.4) is 0 Å². The molecule has 0 N–H and O–H groups in total. The van der Waals surface area contributed by atoms with Crippen LogP contribution in [0.2, 0.25) is 0 Å². The van der Waals surface area contributed by atoms with Crippen molar-refractivity contribution in [2.45, 2.75) is 26.7 Å². The highest BCUT2D eigenvalue weighted by Gasteiger charge is 1.98. The molecule has 0 unspecified atom stereocenters. The van der Waals surface area contributed by atoms with Gasteiger partial charge in [0, 0.05) is 16.3 Å². The zero-order valence-electron chi connectivity index (χ0n) is 8.26. The van der Waals surface area contributed by atoms with Gasteiger partial charge < -0.3 is 0 Å². The lowest BCUT2D eigenvalue weighted by Gasteiger charge is -2.04. The van der Waals surface area contributed by atoms with Gasteiger partial charge in [0.25, 0.3) is 0 Å². The average molecular weight is 289 g/mol. The first kappa shape index (κ1) is 11.0. The Morgan fingerprint density at radius 1 is 1.38 bits per heavy atom. The van der Waals surface area contributed by atoms with Crippen molar-refractivity contribution in [2.75, 3.05) is 4.43 Å². The summed E-state index contributed by atoms with van der Waals surface area (Å²) in [6.07, 6.45) is 4.24. The molecule has 0 spiro atoms. The third kappa shape index (κ3) is 4.07. The molecule has 72 valence electrons. The molecule has 1 heterocycles. The van der Waals surface area contributed by atoms with Crippen molar-refractivity contribution in [3.63, 3.8) is 0 Å². The van der Waals surface area contributed by atoms with Gasteiger partial charge in [-0.05, 0) is 30.4 Å². The summed E-state index contributed by atoms with van der Waals surface area (Å²) in [6.45, 7) is 4.47. The predicted octanol–water partition coefficient (Wildman–Crippen LogP) is 3.26. The lowest BCUT2D eigenvalue weighted by Crippen LogP contribution is -1.97. The predicted molar refractivity (Wildman–Crippen MR) is 65.4 cm³/mol. The van der Waals surface area contributed by atoms with E-state index < -0.39 is 0 Å². The Kier molecular flexibility index (Phi) is 4.70. The number of hydrogen-bond donors (Lipinski definition) is 0. The van der Waals surface area contributed by atoms with Gasteiger partial charge in [0.2, 0.25) is 0 Å². The van der Waals surface area contributed by atoms with Crippen molar-refractivity contribution in [3.05, 3.63) is 29.6 Å². The Balaban J connectivity index is 2.59. The van der Waals surface area contributed by atoms with Crippen molar-refractivity contribution in [2.24, 2.45) is 5.92 Å². The van der Waals surface area contributed by atoms with Crippen molar-refractivity contribution < 1.29 is 0 Å². The summed E-state index contributed by atoms with van der Waals surface area (Å²) < 4.78 is 1.15. The fourth-order valence-electron chi connectivity index (χ4n) is 1.29. The van der Waals surface area contributed by atoms with E-state index in [2.05, 4.69) is 53.6 Å². The first-order chi connectivity index (χ1) is 6.22. The fraction of sp³-hybridized carbons (Fsp3) is 0.545. The normalized spacial score (nSPS) is 10.8. The summed E-state index contributed by atoms with van der Waals surface area (Å²) in [5, 5.41) is 0. The highest BCUT2D eigenvalue weighted by molar-refractivity contribution is 14.1. The Bertz CT molecular complexity index is 241. The second-order valence-electron chi connectivity index (χ2n) is 3.69. The number of aromatic nitrogens is 1. The Hall–Kier alpha value is -0.120. The van der Waals surface area contributed by atoms with Crippen molar-refractivity contribution >= 4 is 22.6 Å². The van der Waals surface area contributed by atoms with Gasteiger partial charge in [0.15, 0.2) is 0 Å². The topological polar surface area (TPSA) is 12.9 Å². The van der Waals surface area contributed by atoms with Crippen LogP contribution in [-0.4, -0.2) is 9.41 Å². The monoisotopic (exact) mass is 289 g/mol. The smallest absolute Gasteiger partial charge is 0.0411 e. The van der Waals surface area contributed by atoms with Gasteiger partial charge in [-0.15, -0.1) is 0 Å². The minimum Gasteiger partial charge on any atom is -0.261 e. The first-order valence-corrected chi connectivity index (χ1v) is 6.24. The van der Waals surface area contributed by atoms with Crippen LogP contribution in [0.25, 0.3) is 0 Å². The molecule has 1 nitrogen and oxygen atoms in total. The number of halogens is 1. The zero-order valence-corrected chi connectivity index (χ0v) is 10.4. The molecule has 0 radical (unpaired) electrons. The van der Waals surface area contributed by atoms with Crippen LogP contribution in [0.15, 0.2) is 18.3 Å². The third-order valence-electron chi connectivity index (χ3n) is 1.88. The molecular weight excluding hydrogens is 273 g/mol. The quantitative estimate of drug-likeness (QED) is 0.612. The van der Waals surface area contributed by atoms with Crippen molar-refractivity contribution in [3.8, 4) is 0 Å². The van der Waals surface area contributed by atoms with Gasteiger partial charge in [0.1, 0.15) is 0 Å². The number of hydrogen-bond acceptors (Lipinski definition) is 1. The molecule has 0 fully saturated rings. The summed E-state index contributed by atoms with van der Waals surface area (Å²) >= 11 is 2.38. The molecule has 0 aliphatic rings. The minimum atomic E-state index is 0.720. The Labute approximate surface area is 94.1 Å². The summed E-state index contributed by atoms with van der Waals surface area (Å²) in [4.78, 5) is 4.42. The van der Waals surface area contributed by atoms with Crippen LogP contribution in [-0.2, 0) is 12.8 Å². The van der Waals surface area contributed by atoms with Gasteiger partial charge in [-0.3, -0.25) is 4.98 Å². The van der Waals surface area contributed by atoms with E-state index in [1.807, 2.05) is 6.20 Å². The summed E-state index contributed by atoms with van der Waals surface area (Å²) in [6, 6.07) is 4.35. The number of nitrogens with zero attached hydrogens (tertiary/aromatic N) is 1. The Morgan fingerprint density at radius 2 is 2.15 bits per heavy atom. The SMILES string of the molecule is CC(C)Cc1ccc(CCI)nc1. The molecule has 0 aliphatic carbocycles. The highest BCUT2D eigenvalue weighted by Crippen LogP contribution is 2.08. The van der Waals surface area contributed by atoms with Gasteiger partial charge in [0.05, 0.1) is 0 Å². The van der Waals surface area contributed by atoms with Gasteiger partial charge in [-0.25, -0.2) is 0 Å². The molecule has 1 aromatic heterocycles. The van der Waals surface area contributed by atoms with E-state index in [0.717, 1.165) is 23.2 Å². The Morgan fingerprint density at radius 3 is 2.62 bits per heavy atom. The molecule has 0 saturated heterocycles. The molecule has 0 aromatic carbocycles. The third-order valence-corrected chi connectivity index (χ3v) is 2.42. The van der Waals surface area contributed by atoms with E-state index in [4.69, 9.17) is 0 Å². The van der Waals surface area contributed by atoms with E-state index in [-0.39, 0.29) is 0 Å². The maximum absolute atomic E-state index is 4.42. The second-order valence-corrected chi connectivity index (χ2v) is 4.77. The second kappa shape index (κ2) is 5.58. The van der Waals surface area contributed by atoms with Gasteiger partial charge in [-0.2, -0.15) is 0 Å². The van der Waals surface area contributed by atoms with Crippen molar-refractivity contribution in [1.82, 2.24) is 4.98 Å². The maximum Gasteiger partial charge on any atom is 0.0411 e. The fourth-order valence-corrected chi connectivity index (χ4v) is 1.84. The number of aryl methyl sites for hydroxylation is 1. The van der Waals surface area contributed by atoms with Crippen LogP contribution >= 0.6 is 22.6 Å². The average Bonchev–Trinajstić information content (AvgIpc) is 2.08. The van der Waals surface area contributed by atoms with Gasteiger partial charge >= 0.3 is 0 Å². The molecule has 0 amide bonds.